The van der Waals surface area contributed by atoms with Gasteiger partial charge in [-0.25, -0.2) is 0 Å². The molecule has 0 fully saturated rings. The second-order valence-electron chi connectivity index (χ2n) is 5.81. The van der Waals surface area contributed by atoms with Crippen LogP contribution in [0.4, 0.5) is 0 Å². The molecular weight excluding hydrogens is 258 g/mol. The van der Waals surface area contributed by atoms with E-state index in [1.165, 1.54) is 0 Å². The first-order valence-corrected chi connectivity index (χ1v) is 7.38. The number of halogens is 1. The molecule has 1 aromatic rings. The predicted octanol–water partition coefficient (Wildman–Crippen LogP) is 3.95. The number of amides is 1. The van der Waals surface area contributed by atoms with Crippen molar-refractivity contribution in [3.05, 3.63) is 35.9 Å². The maximum Gasteiger partial charge on any atom is 0.227 e. The minimum atomic E-state index is -0.106. The molecule has 0 aliphatic rings. The maximum absolute atomic E-state index is 12.1. The maximum atomic E-state index is 12.1. The third-order valence-corrected chi connectivity index (χ3v) is 3.69. The highest BCUT2D eigenvalue weighted by molar-refractivity contribution is 6.17. The second-order valence-corrected chi connectivity index (χ2v) is 6.18. The second kappa shape index (κ2) is 7.54. The zero-order chi connectivity index (χ0) is 14.3. The van der Waals surface area contributed by atoms with E-state index in [9.17, 15) is 4.79 Å². The van der Waals surface area contributed by atoms with Gasteiger partial charge in [-0.15, -0.1) is 11.6 Å². The van der Waals surface area contributed by atoms with Crippen LogP contribution in [0.2, 0.25) is 0 Å². The molecule has 3 heteroatoms. The zero-order valence-electron chi connectivity index (χ0n) is 12.1. The predicted molar refractivity (Wildman–Crippen MR) is 81.6 cm³/mol. The number of carbonyl (C=O) groups is 1. The normalized spacial score (nSPS) is 13.1. The van der Waals surface area contributed by atoms with Crippen LogP contribution in [0.1, 0.15) is 45.1 Å². The lowest BCUT2D eigenvalue weighted by Crippen LogP contribution is -2.36. The Hall–Kier alpha value is -1.02. The van der Waals surface area contributed by atoms with Crippen molar-refractivity contribution in [2.24, 2.45) is 5.41 Å². The quantitative estimate of drug-likeness (QED) is 0.753. The van der Waals surface area contributed by atoms with Crippen molar-refractivity contribution in [1.29, 1.82) is 0 Å². The van der Waals surface area contributed by atoms with E-state index in [-0.39, 0.29) is 17.2 Å². The van der Waals surface area contributed by atoms with E-state index in [1.807, 2.05) is 37.3 Å². The first kappa shape index (κ1) is 16.0. The number of hydrogen-bond donors (Lipinski definition) is 1. The molecule has 0 aliphatic carbocycles. The molecular formula is C16H24ClNO. The van der Waals surface area contributed by atoms with Crippen molar-refractivity contribution < 1.29 is 4.79 Å². The summed E-state index contributed by atoms with van der Waals surface area (Å²) >= 11 is 5.71. The fraction of sp³-hybridized carbons (Fsp3) is 0.562. The first-order chi connectivity index (χ1) is 8.96. The van der Waals surface area contributed by atoms with Crippen molar-refractivity contribution in [3.8, 4) is 0 Å². The van der Waals surface area contributed by atoms with Crippen molar-refractivity contribution in [2.45, 2.75) is 39.5 Å². The van der Waals surface area contributed by atoms with Gasteiger partial charge >= 0.3 is 0 Å². The van der Waals surface area contributed by atoms with E-state index >= 15 is 0 Å². The third kappa shape index (κ3) is 5.65. The van der Waals surface area contributed by atoms with Crippen LogP contribution in [0.5, 0.6) is 0 Å². The van der Waals surface area contributed by atoms with Crippen molar-refractivity contribution in [3.63, 3.8) is 0 Å². The first-order valence-electron chi connectivity index (χ1n) is 6.85. The molecule has 1 atom stereocenters. The van der Waals surface area contributed by atoms with Gasteiger partial charge in [0.1, 0.15) is 0 Å². The summed E-state index contributed by atoms with van der Waals surface area (Å²) in [7, 11) is 0. The van der Waals surface area contributed by atoms with Gasteiger partial charge in [0.2, 0.25) is 5.91 Å². The lowest BCUT2D eigenvalue weighted by molar-refractivity contribution is -0.122. The Morgan fingerprint density at radius 2 is 1.95 bits per heavy atom. The van der Waals surface area contributed by atoms with Crippen LogP contribution in [0.15, 0.2) is 30.3 Å². The molecule has 0 aromatic heterocycles. The van der Waals surface area contributed by atoms with Crippen LogP contribution in [-0.4, -0.2) is 18.3 Å². The molecule has 2 nitrogen and oxygen atoms in total. The molecule has 0 saturated carbocycles. The summed E-state index contributed by atoms with van der Waals surface area (Å²) in [6, 6.07) is 9.86. The summed E-state index contributed by atoms with van der Waals surface area (Å²) in [4.78, 5) is 12.1. The Bertz CT molecular complexity index is 389. The smallest absolute Gasteiger partial charge is 0.227 e. The number of alkyl halides is 1. The van der Waals surface area contributed by atoms with E-state index in [0.717, 1.165) is 18.4 Å². The lowest BCUT2D eigenvalue weighted by atomic mass is 9.87. The van der Waals surface area contributed by atoms with E-state index in [4.69, 9.17) is 11.6 Å². The lowest BCUT2D eigenvalue weighted by Gasteiger charge is -2.25. The van der Waals surface area contributed by atoms with E-state index in [0.29, 0.717) is 12.4 Å². The van der Waals surface area contributed by atoms with Gasteiger partial charge < -0.3 is 5.32 Å². The van der Waals surface area contributed by atoms with E-state index < -0.39 is 0 Å². The van der Waals surface area contributed by atoms with Gasteiger partial charge in [0.05, 0.1) is 5.92 Å². The van der Waals surface area contributed by atoms with Gasteiger partial charge in [-0.1, -0.05) is 44.2 Å². The SMILES string of the molecule is CC(C(=O)NCC(C)(C)CCCCl)c1ccccc1. The molecule has 1 rings (SSSR count). The molecule has 0 spiro atoms. The van der Waals surface area contributed by atoms with Gasteiger partial charge in [0, 0.05) is 12.4 Å². The minimum absolute atomic E-state index is 0.0881. The summed E-state index contributed by atoms with van der Waals surface area (Å²) < 4.78 is 0. The number of hydrogen-bond acceptors (Lipinski definition) is 1. The Kier molecular flexibility index (Phi) is 6.36. The van der Waals surface area contributed by atoms with Crippen LogP contribution in [-0.2, 0) is 4.79 Å². The fourth-order valence-electron chi connectivity index (χ4n) is 2.01. The molecule has 0 bridgehead atoms. The highest BCUT2D eigenvalue weighted by Crippen LogP contribution is 2.22. The van der Waals surface area contributed by atoms with Crippen molar-refractivity contribution in [2.75, 3.05) is 12.4 Å². The fourth-order valence-corrected chi connectivity index (χ4v) is 2.14. The molecule has 1 amide bonds. The molecule has 1 N–H and O–H groups in total. The number of rotatable bonds is 7. The Morgan fingerprint density at radius 1 is 1.32 bits per heavy atom. The van der Waals surface area contributed by atoms with Crippen LogP contribution in [0.3, 0.4) is 0 Å². The van der Waals surface area contributed by atoms with Gasteiger partial charge in [-0.2, -0.15) is 0 Å². The summed E-state index contributed by atoms with van der Waals surface area (Å²) in [5.41, 5.74) is 1.15. The van der Waals surface area contributed by atoms with Crippen LogP contribution in [0, 0.1) is 5.41 Å². The molecule has 0 aliphatic heterocycles. The number of nitrogens with one attached hydrogen (secondary N) is 1. The number of carbonyl (C=O) groups excluding carboxylic acids is 1. The Labute approximate surface area is 121 Å². The topological polar surface area (TPSA) is 29.1 Å². The van der Waals surface area contributed by atoms with Gasteiger partial charge in [-0.3, -0.25) is 4.79 Å². The van der Waals surface area contributed by atoms with Gasteiger partial charge in [0.25, 0.3) is 0 Å². The standard InChI is InChI=1S/C16H24ClNO/c1-13(14-8-5-4-6-9-14)15(19)18-12-16(2,3)10-7-11-17/h4-6,8-9,13H,7,10-12H2,1-3H3,(H,18,19). The molecule has 0 heterocycles. The van der Waals surface area contributed by atoms with Crippen LogP contribution >= 0.6 is 11.6 Å². The summed E-state index contributed by atoms with van der Waals surface area (Å²) in [6.07, 6.45) is 2.01. The highest BCUT2D eigenvalue weighted by atomic mass is 35.5. The van der Waals surface area contributed by atoms with Crippen LogP contribution < -0.4 is 5.32 Å². The molecule has 1 unspecified atom stereocenters. The van der Waals surface area contributed by atoms with Crippen molar-refractivity contribution >= 4 is 17.5 Å². The monoisotopic (exact) mass is 281 g/mol. The molecule has 0 radical (unpaired) electrons. The highest BCUT2D eigenvalue weighted by Gasteiger charge is 2.21. The van der Waals surface area contributed by atoms with E-state index in [2.05, 4.69) is 19.2 Å². The summed E-state index contributed by atoms with van der Waals surface area (Å²) in [5, 5.41) is 3.05. The Balaban J connectivity index is 2.47. The average Bonchev–Trinajstić information content (AvgIpc) is 2.43. The summed E-state index contributed by atoms with van der Waals surface area (Å²) in [5.74, 6) is 0.660. The molecule has 1 aromatic carbocycles. The molecule has 19 heavy (non-hydrogen) atoms. The summed E-state index contributed by atoms with van der Waals surface area (Å²) in [6.45, 7) is 6.95. The third-order valence-electron chi connectivity index (χ3n) is 3.42. The zero-order valence-corrected chi connectivity index (χ0v) is 12.8. The van der Waals surface area contributed by atoms with Gasteiger partial charge in [-0.05, 0) is 30.7 Å². The average molecular weight is 282 g/mol. The molecule has 106 valence electrons. The van der Waals surface area contributed by atoms with Gasteiger partial charge in [0.15, 0.2) is 0 Å². The molecule has 0 saturated heterocycles. The number of benzene rings is 1. The largest absolute Gasteiger partial charge is 0.355 e. The minimum Gasteiger partial charge on any atom is -0.355 e. The Morgan fingerprint density at radius 3 is 2.53 bits per heavy atom. The van der Waals surface area contributed by atoms with Crippen LogP contribution in [0.25, 0.3) is 0 Å². The van der Waals surface area contributed by atoms with E-state index in [1.54, 1.807) is 0 Å². The van der Waals surface area contributed by atoms with Crippen molar-refractivity contribution in [1.82, 2.24) is 5.32 Å².